The van der Waals surface area contributed by atoms with Crippen LogP contribution in [0.1, 0.15) is 19.0 Å². The number of anilines is 1. The van der Waals surface area contributed by atoms with Gasteiger partial charge in [0.05, 0.1) is 0 Å². The van der Waals surface area contributed by atoms with Gasteiger partial charge < -0.3 is 9.80 Å². The molecule has 0 aromatic carbocycles. The molecule has 3 rings (SSSR count). The summed E-state index contributed by atoms with van der Waals surface area (Å²) < 4.78 is 0. The normalized spacial score (nSPS) is 28.7. The zero-order valence-corrected chi connectivity index (χ0v) is 10.8. The molecule has 92 valence electrons. The van der Waals surface area contributed by atoms with E-state index in [1.807, 2.05) is 0 Å². The van der Waals surface area contributed by atoms with Crippen molar-refractivity contribution in [1.29, 1.82) is 0 Å². The van der Waals surface area contributed by atoms with Gasteiger partial charge in [0.15, 0.2) is 0 Å². The second-order valence-corrected chi connectivity index (χ2v) is 5.37. The number of likely N-dealkylation sites (N-methyl/N-ethyl adjacent to an activating group) is 1. The van der Waals surface area contributed by atoms with Crippen molar-refractivity contribution in [3.63, 3.8) is 0 Å². The number of aromatic nitrogens is 1. The first kappa shape index (κ1) is 11.0. The summed E-state index contributed by atoms with van der Waals surface area (Å²) in [4.78, 5) is 9.74. The number of nitrogens with zero attached hydrogens (tertiary/aromatic N) is 3. The van der Waals surface area contributed by atoms with Crippen LogP contribution in [-0.2, 0) is 6.42 Å². The first-order valence-corrected chi connectivity index (χ1v) is 6.69. The molecule has 0 bridgehead atoms. The molecule has 0 unspecified atom stereocenters. The highest BCUT2D eigenvalue weighted by Crippen LogP contribution is 2.33. The molecule has 3 heterocycles. The number of hydrogen-bond donors (Lipinski definition) is 0. The molecule has 0 aliphatic carbocycles. The van der Waals surface area contributed by atoms with Crippen LogP contribution < -0.4 is 4.90 Å². The molecule has 0 saturated carbocycles. The molecule has 1 aromatic heterocycles. The van der Waals surface area contributed by atoms with Crippen LogP contribution in [0.2, 0.25) is 0 Å². The summed E-state index contributed by atoms with van der Waals surface area (Å²) in [5, 5.41) is 0. The van der Waals surface area contributed by atoms with Gasteiger partial charge in [-0.3, -0.25) is 0 Å². The Morgan fingerprint density at radius 3 is 3.06 bits per heavy atom. The van der Waals surface area contributed by atoms with Crippen LogP contribution in [0.3, 0.4) is 0 Å². The molecule has 3 nitrogen and oxygen atoms in total. The molecule has 3 heteroatoms. The minimum Gasteiger partial charge on any atom is -0.352 e. The summed E-state index contributed by atoms with van der Waals surface area (Å²) in [7, 11) is 2.23. The van der Waals surface area contributed by atoms with E-state index in [-0.39, 0.29) is 0 Å². The van der Waals surface area contributed by atoms with E-state index < -0.39 is 0 Å². The van der Waals surface area contributed by atoms with Crippen molar-refractivity contribution in [2.75, 3.05) is 31.6 Å². The van der Waals surface area contributed by atoms with Crippen LogP contribution in [0.5, 0.6) is 0 Å². The lowest BCUT2D eigenvalue weighted by molar-refractivity contribution is 0.386. The Labute approximate surface area is 103 Å². The Kier molecular flexibility index (Phi) is 2.79. The van der Waals surface area contributed by atoms with Crippen LogP contribution in [0, 0.1) is 5.92 Å². The summed E-state index contributed by atoms with van der Waals surface area (Å²) in [5.41, 5.74) is 1.21. The molecule has 0 N–H and O–H groups in total. The lowest BCUT2D eigenvalue weighted by atomic mass is 10.1. The molecule has 2 atom stereocenters. The number of hydrogen-bond acceptors (Lipinski definition) is 3. The monoisotopic (exact) mass is 231 g/mol. The van der Waals surface area contributed by atoms with Crippen molar-refractivity contribution in [3.8, 4) is 0 Å². The van der Waals surface area contributed by atoms with Gasteiger partial charge in [0.25, 0.3) is 0 Å². The zero-order valence-electron chi connectivity index (χ0n) is 10.8. The quantitative estimate of drug-likeness (QED) is 0.773. The topological polar surface area (TPSA) is 19.4 Å². The zero-order chi connectivity index (χ0) is 11.8. The predicted molar refractivity (Wildman–Crippen MR) is 70.4 cm³/mol. The second kappa shape index (κ2) is 4.30. The standard InChI is InChI=1S/C14H21N3/c1-3-12-5-4-6-14(15-12)17-8-7-11-9-16(2)10-13(11)17/h4-6,11,13H,3,7-10H2,1-2H3/t11-,13+/m1/s1. The number of likely N-dealkylation sites (tertiary alicyclic amines) is 1. The molecule has 2 aliphatic rings. The van der Waals surface area contributed by atoms with E-state index in [2.05, 4.69) is 42.0 Å². The average molecular weight is 231 g/mol. The maximum absolute atomic E-state index is 4.77. The molecule has 0 spiro atoms. The number of aryl methyl sites for hydroxylation is 1. The summed E-state index contributed by atoms with van der Waals surface area (Å²) in [6.45, 7) is 5.81. The Balaban J connectivity index is 1.84. The van der Waals surface area contributed by atoms with Crippen molar-refractivity contribution < 1.29 is 0 Å². The van der Waals surface area contributed by atoms with Crippen molar-refractivity contribution in [2.45, 2.75) is 25.8 Å². The van der Waals surface area contributed by atoms with E-state index in [9.17, 15) is 0 Å². The summed E-state index contributed by atoms with van der Waals surface area (Å²) >= 11 is 0. The fourth-order valence-corrected chi connectivity index (χ4v) is 3.28. The van der Waals surface area contributed by atoms with E-state index >= 15 is 0 Å². The van der Waals surface area contributed by atoms with Crippen molar-refractivity contribution in [3.05, 3.63) is 23.9 Å². The molecular weight excluding hydrogens is 210 g/mol. The van der Waals surface area contributed by atoms with E-state index in [0.29, 0.717) is 6.04 Å². The van der Waals surface area contributed by atoms with Crippen LogP contribution in [0.15, 0.2) is 18.2 Å². The van der Waals surface area contributed by atoms with Gasteiger partial charge in [-0.2, -0.15) is 0 Å². The van der Waals surface area contributed by atoms with Gasteiger partial charge in [0.1, 0.15) is 5.82 Å². The maximum Gasteiger partial charge on any atom is 0.129 e. The minimum absolute atomic E-state index is 0.694. The molecule has 2 saturated heterocycles. The number of fused-ring (bicyclic) bond motifs is 1. The Morgan fingerprint density at radius 2 is 2.24 bits per heavy atom. The average Bonchev–Trinajstić information content (AvgIpc) is 2.87. The van der Waals surface area contributed by atoms with Gasteiger partial charge in [-0.05, 0) is 37.9 Å². The molecule has 17 heavy (non-hydrogen) atoms. The van der Waals surface area contributed by atoms with Gasteiger partial charge in [-0.1, -0.05) is 13.0 Å². The van der Waals surface area contributed by atoms with Crippen LogP contribution in [0.4, 0.5) is 5.82 Å². The minimum atomic E-state index is 0.694. The van der Waals surface area contributed by atoms with E-state index in [4.69, 9.17) is 4.98 Å². The Hall–Kier alpha value is -1.09. The third-order valence-corrected chi connectivity index (χ3v) is 4.18. The smallest absolute Gasteiger partial charge is 0.129 e. The Bertz CT molecular complexity index is 404. The molecule has 0 radical (unpaired) electrons. The summed E-state index contributed by atoms with van der Waals surface area (Å²) in [6.07, 6.45) is 2.35. The second-order valence-electron chi connectivity index (χ2n) is 5.37. The number of pyridine rings is 1. The third kappa shape index (κ3) is 1.93. The summed E-state index contributed by atoms with van der Waals surface area (Å²) in [5.74, 6) is 2.04. The molecule has 1 aromatic rings. The van der Waals surface area contributed by atoms with Gasteiger partial charge in [-0.25, -0.2) is 4.98 Å². The van der Waals surface area contributed by atoms with Gasteiger partial charge in [-0.15, -0.1) is 0 Å². The van der Waals surface area contributed by atoms with Crippen LogP contribution in [-0.4, -0.2) is 42.6 Å². The van der Waals surface area contributed by atoms with Crippen molar-refractivity contribution in [2.24, 2.45) is 5.92 Å². The summed E-state index contributed by atoms with van der Waals surface area (Å²) in [6, 6.07) is 7.13. The highest BCUT2D eigenvalue weighted by molar-refractivity contribution is 5.43. The van der Waals surface area contributed by atoms with E-state index in [1.54, 1.807) is 0 Å². The van der Waals surface area contributed by atoms with E-state index in [1.165, 1.54) is 37.6 Å². The van der Waals surface area contributed by atoms with Gasteiger partial charge in [0, 0.05) is 31.4 Å². The highest BCUT2D eigenvalue weighted by atomic mass is 15.3. The first-order chi connectivity index (χ1) is 8.28. The van der Waals surface area contributed by atoms with Crippen LogP contribution in [0.25, 0.3) is 0 Å². The number of rotatable bonds is 2. The Morgan fingerprint density at radius 1 is 1.35 bits per heavy atom. The molecular formula is C14H21N3. The lowest BCUT2D eigenvalue weighted by Gasteiger charge is -2.25. The van der Waals surface area contributed by atoms with Gasteiger partial charge in [0.2, 0.25) is 0 Å². The third-order valence-electron chi connectivity index (χ3n) is 4.18. The van der Waals surface area contributed by atoms with Crippen molar-refractivity contribution >= 4 is 5.82 Å². The lowest BCUT2D eigenvalue weighted by Crippen LogP contribution is -2.35. The maximum atomic E-state index is 4.77. The molecule has 2 fully saturated rings. The SMILES string of the molecule is CCc1cccc(N2CC[C@@H]3CN(C)C[C@@H]32)n1. The fourth-order valence-electron chi connectivity index (χ4n) is 3.28. The highest BCUT2D eigenvalue weighted by Gasteiger charge is 2.40. The fraction of sp³-hybridized carbons (Fsp3) is 0.643. The van der Waals surface area contributed by atoms with Crippen LogP contribution >= 0.6 is 0 Å². The first-order valence-electron chi connectivity index (χ1n) is 6.69. The van der Waals surface area contributed by atoms with Gasteiger partial charge >= 0.3 is 0 Å². The van der Waals surface area contributed by atoms with E-state index in [0.717, 1.165) is 12.3 Å². The van der Waals surface area contributed by atoms with Crippen molar-refractivity contribution in [1.82, 2.24) is 9.88 Å². The predicted octanol–water partition coefficient (Wildman–Crippen LogP) is 1.78. The largest absolute Gasteiger partial charge is 0.352 e. The molecule has 0 amide bonds. The molecule has 2 aliphatic heterocycles.